The summed E-state index contributed by atoms with van der Waals surface area (Å²) in [6, 6.07) is 17.9. The predicted molar refractivity (Wildman–Crippen MR) is 166 cm³/mol. The van der Waals surface area contributed by atoms with E-state index in [4.69, 9.17) is 24.3 Å². The topological polar surface area (TPSA) is 99.0 Å². The Labute approximate surface area is 251 Å². The fourth-order valence-corrected chi connectivity index (χ4v) is 5.09. The van der Waals surface area contributed by atoms with E-state index in [0.717, 1.165) is 33.5 Å². The molecule has 1 aliphatic rings. The number of benzene rings is 2. The van der Waals surface area contributed by atoms with Crippen LogP contribution in [0.25, 0.3) is 28.2 Å². The highest BCUT2D eigenvalue weighted by molar-refractivity contribution is 6.04. The van der Waals surface area contributed by atoms with Crippen LogP contribution >= 0.6 is 0 Å². The maximum Gasteiger partial charge on any atom is 0.410 e. The van der Waals surface area contributed by atoms with Gasteiger partial charge in [-0.2, -0.15) is 5.10 Å². The molecular weight excluding hydrogens is 546 g/mol. The summed E-state index contributed by atoms with van der Waals surface area (Å²) >= 11 is 0. The van der Waals surface area contributed by atoms with E-state index in [1.165, 1.54) is 13.2 Å². The van der Waals surface area contributed by atoms with Gasteiger partial charge in [-0.05, 0) is 50.1 Å². The monoisotopic (exact) mass is 583 g/mol. The Hall–Kier alpha value is -4.86. The zero-order valence-corrected chi connectivity index (χ0v) is 25.2. The number of esters is 1. The third-order valence-corrected chi connectivity index (χ3v) is 7.16. The lowest BCUT2D eigenvalue weighted by Crippen LogP contribution is -2.50. The van der Waals surface area contributed by atoms with Crippen LogP contribution in [-0.2, 0) is 20.8 Å². The van der Waals surface area contributed by atoms with Crippen molar-refractivity contribution in [1.29, 1.82) is 0 Å². The van der Waals surface area contributed by atoms with Crippen LogP contribution in [0.5, 0.6) is 5.75 Å². The molecule has 224 valence electrons. The number of methoxy groups -OCH3 is 2. The van der Waals surface area contributed by atoms with Crippen molar-refractivity contribution in [2.24, 2.45) is 0 Å². The number of piperazine rings is 1. The van der Waals surface area contributed by atoms with E-state index in [0.29, 0.717) is 44.1 Å². The van der Waals surface area contributed by atoms with Crippen molar-refractivity contribution in [3.8, 4) is 16.9 Å². The van der Waals surface area contributed by atoms with Crippen molar-refractivity contribution in [2.45, 2.75) is 32.9 Å². The summed E-state index contributed by atoms with van der Waals surface area (Å²) in [5, 5.41) is 5.74. The van der Waals surface area contributed by atoms with Crippen molar-refractivity contribution in [3.63, 3.8) is 0 Å². The number of hydrogen-bond donors (Lipinski definition) is 0. The van der Waals surface area contributed by atoms with Gasteiger partial charge in [0.1, 0.15) is 11.4 Å². The Morgan fingerprint density at radius 2 is 1.65 bits per heavy atom. The van der Waals surface area contributed by atoms with E-state index in [-0.39, 0.29) is 6.09 Å². The van der Waals surface area contributed by atoms with Gasteiger partial charge in [0.25, 0.3) is 0 Å². The average molecular weight is 584 g/mol. The van der Waals surface area contributed by atoms with Crippen molar-refractivity contribution in [1.82, 2.24) is 19.7 Å². The average Bonchev–Trinajstić information content (AvgIpc) is 3.36. The molecule has 10 heteroatoms. The molecule has 1 amide bonds. The van der Waals surface area contributed by atoms with Crippen LogP contribution in [0.1, 0.15) is 32.0 Å². The van der Waals surface area contributed by atoms with Crippen LogP contribution in [-0.4, -0.2) is 77.7 Å². The third kappa shape index (κ3) is 6.80. The van der Waals surface area contributed by atoms with Gasteiger partial charge in [-0.25, -0.2) is 19.3 Å². The summed E-state index contributed by atoms with van der Waals surface area (Å²) < 4.78 is 17.7. The number of amides is 1. The maximum atomic E-state index is 12.8. The van der Waals surface area contributed by atoms with Crippen LogP contribution in [0, 0.1) is 0 Å². The molecule has 1 aliphatic heterocycles. The van der Waals surface area contributed by atoms with E-state index in [9.17, 15) is 9.59 Å². The van der Waals surface area contributed by atoms with Gasteiger partial charge in [0, 0.05) is 44.0 Å². The normalized spacial score (nSPS) is 13.9. The van der Waals surface area contributed by atoms with Crippen LogP contribution in [0.2, 0.25) is 0 Å². The molecule has 0 aliphatic carbocycles. The summed E-state index contributed by atoms with van der Waals surface area (Å²) in [5.41, 5.74) is 4.64. The molecule has 0 N–H and O–H groups in total. The van der Waals surface area contributed by atoms with Gasteiger partial charge in [-0.15, -0.1) is 0 Å². The molecular formula is C33H37N5O5. The lowest BCUT2D eigenvalue weighted by molar-refractivity contribution is -0.134. The minimum absolute atomic E-state index is 0.315. The van der Waals surface area contributed by atoms with Gasteiger partial charge in [-0.1, -0.05) is 42.5 Å². The van der Waals surface area contributed by atoms with Crippen molar-refractivity contribution < 1.29 is 23.8 Å². The molecule has 1 fully saturated rings. The van der Waals surface area contributed by atoms with Crippen LogP contribution in [0.4, 0.5) is 10.5 Å². The standard InChI is InChI=1S/C33H37N5O5/c1-33(2,3)43-32(40)37-19-17-36(18-20-37)30-26(24-9-7-6-8-10-24)21-34-31-29(30)27(15-16-28(39)42-5)35-38(31)22-23-11-13-25(41-4)14-12-23/h6-16,21H,17-20,22H2,1-5H3. The van der Waals surface area contributed by atoms with Gasteiger partial charge in [0.05, 0.1) is 37.5 Å². The van der Waals surface area contributed by atoms with Gasteiger partial charge in [-0.3, -0.25) is 0 Å². The second-order valence-electron chi connectivity index (χ2n) is 11.3. The second kappa shape index (κ2) is 12.6. The molecule has 0 unspecified atom stereocenters. The zero-order chi connectivity index (χ0) is 30.6. The molecule has 0 saturated carbocycles. The molecule has 2 aromatic carbocycles. The van der Waals surface area contributed by atoms with Crippen molar-refractivity contribution in [2.75, 3.05) is 45.3 Å². The zero-order valence-electron chi connectivity index (χ0n) is 25.2. The van der Waals surface area contributed by atoms with E-state index in [2.05, 4.69) is 17.0 Å². The summed E-state index contributed by atoms with van der Waals surface area (Å²) in [6.07, 6.45) is 4.62. The van der Waals surface area contributed by atoms with Crippen LogP contribution < -0.4 is 9.64 Å². The van der Waals surface area contributed by atoms with Gasteiger partial charge in [0.2, 0.25) is 0 Å². The number of hydrogen-bond acceptors (Lipinski definition) is 8. The number of aromatic nitrogens is 3. The fourth-order valence-electron chi connectivity index (χ4n) is 5.09. The minimum atomic E-state index is -0.564. The Kier molecular flexibility index (Phi) is 8.66. The lowest BCUT2D eigenvalue weighted by atomic mass is 10.0. The van der Waals surface area contributed by atoms with E-state index in [1.54, 1.807) is 18.1 Å². The number of fused-ring (bicyclic) bond motifs is 1. The lowest BCUT2D eigenvalue weighted by Gasteiger charge is -2.37. The summed E-state index contributed by atoms with van der Waals surface area (Å²) in [4.78, 5) is 33.8. The van der Waals surface area contributed by atoms with Crippen LogP contribution in [0.15, 0.2) is 66.9 Å². The highest BCUT2D eigenvalue weighted by atomic mass is 16.6. The molecule has 3 heterocycles. The summed E-state index contributed by atoms with van der Waals surface area (Å²) in [6.45, 7) is 8.25. The maximum absolute atomic E-state index is 12.8. The number of ether oxygens (including phenoxy) is 3. The molecule has 0 bridgehead atoms. The molecule has 0 spiro atoms. The SMILES string of the molecule is COC(=O)C=Cc1nn(Cc2ccc(OC)cc2)c2ncc(-c3ccccc3)c(N3CCN(C(=O)OC(C)(C)C)CC3)c12. The molecule has 43 heavy (non-hydrogen) atoms. The largest absolute Gasteiger partial charge is 0.497 e. The first-order valence-corrected chi connectivity index (χ1v) is 14.2. The van der Waals surface area contributed by atoms with Crippen LogP contribution in [0.3, 0.4) is 0 Å². The first-order valence-electron chi connectivity index (χ1n) is 14.2. The number of carbonyl (C=O) groups is 2. The summed E-state index contributed by atoms with van der Waals surface area (Å²) in [5.74, 6) is 0.298. The van der Waals surface area contributed by atoms with E-state index < -0.39 is 11.6 Å². The molecule has 2 aromatic heterocycles. The van der Waals surface area contributed by atoms with Crippen molar-refractivity contribution in [3.05, 3.63) is 78.1 Å². The van der Waals surface area contributed by atoms with Gasteiger partial charge >= 0.3 is 12.1 Å². The first-order chi connectivity index (χ1) is 20.7. The van der Waals surface area contributed by atoms with Gasteiger partial charge < -0.3 is 24.0 Å². The molecule has 4 aromatic rings. The number of nitrogens with zero attached hydrogens (tertiary/aromatic N) is 5. The van der Waals surface area contributed by atoms with Gasteiger partial charge in [0.15, 0.2) is 5.65 Å². The number of anilines is 1. The van der Waals surface area contributed by atoms with Crippen molar-refractivity contribution >= 4 is 34.9 Å². The number of carbonyl (C=O) groups excluding carboxylic acids is 2. The predicted octanol–water partition coefficient (Wildman–Crippen LogP) is 5.40. The first kappa shape index (κ1) is 29.6. The van der Waals surface area contributed by atoms with E-state index >= 15 is 0 Å². The number of rotatable bonds is 7. The third-order valence-electron chi connectivity index (χ3n) is 7.16. The molecule has 5 rings (SSSR count). The highest BCUT2D eigenvalue weighted by Crippen LogP contribution is 2.39. The Bertz CT molecular complexity index is 1620. The Morgan fingerprint density at radius 3 is 2.28 bits per heavy atom. The van der Waals surface area contributed by atoms with E-state index in [1.807, 2.05) is 74.1 Å². The minimum Gasteiger partial charge on any atom is -0.497 e. The Balaban J connectivity index is 1.61. The molecule has 0 radical (unpaired) electrons. The second-order valence-corrected chi connectivity index (χ2v) is 11.3. The molecule has 1 saturated heterocycles. The Morgan fingerprint density at radius 1 is 0.953 bits per heavy atom. The molecule has 0 atom stereocenters. The quantitative estimate of drug-likeness (QED) is 0.211. The fraction of sp³-hybridized carbons (Fsp3) is 0.333. The molecule has 10 nitrogen and oxygen atoms in total. The highest BCUT2D eigenvalue weighted by Gasteiger charge is 2.29. The smallest absolute Gasteiger partial charge is 0.410 e. The number of pyridine rings is 1. The summed E-state index contributed by atoms with van der Waals surface area (Å²) in [7, 11) is 2.98.